The Hall–Kier alpha value is -2.14. The zero-order valence-corrected chi connectivity index (χ0v) is 16.9. The average molecular weight is 403 g/mol. The highest BCUT2D eigenvalue weighted by atomic mass is 35.5. The van der Waals surface area contributed by atoms with Gasteiger partial charge in [0.1, 0.15) is 11.6 Å². The second kappa shape index (κ2) is 9.18. The van der Waals surface area contributed by atoms with Gasteiger partial charge in [-0.15, -0.1) is 24.8 Å². The lowest BCUT2D eigenvalue weighted by Gasteiger charge is -2.29. The van der Waals surface area contributed by atoms with E-state index in [1.165, 1.54) is 22.3 Å². The van der Waals surface area contributed by atoms with Gasteiger partial charge in [0.15, 0.2) is 0 Å². The summed E-state index contributed by atoms with van der Waals surface area (Å²) in [6.07, 6.45) is 2.92. The average Bonchev–Trinajstić information content (AvgIpc) is 2.64. The molecule has 0 radical (unpaired) electrons. The Morgan fingerprint density at radius 3 is 2.52 bits per heavy atom. The van der Waals surface area contributed by atoms with Gasteiger partial charge in [-0.1, -0.05) is 42.5 Å². The lowest BCUT2D eigenvalue weighted by molar-refractivity contribution is 0.245. The maximum Gasteiger partial charge on any atom is 0.131 e. The molecular weight excluding hydrogens is 379 g/mol. The molecule has 142 valence electrons. The quantitative estimate of drug-likeness (QED) is 0.703. The van der Waals surface area contributed by atoms with Crippen LogP contribution in [0.15, 0.2) is 54.7 Å². The van der Waals surface area contributed by atoms with Crippen LogP contribution >= 0.6 is 24.8 Å². The Kier molecular flexibility index (Phi) is 7.19. The molecule has 1 aliphatic heterocycles. The first kappa shape index (κ1) is 21.2. The summed E-state index contributed by atoms with van der Waals surface area (Å²) in [4.78, 5) is 11.0. The van der Waals surface area contributed by atoms with Gasteiger partial charge in [-0.25, -0.2) is 9.97 Å². The molecule has 0 bridgehead atoms. The molecule has 4 nitrogen and oxygen atoms in total. The molecule has 0 aliphatic carbocycles. The number of hydrogen-bond acceptors (Lipinski definition) is 4. The van der Waals surface area contributed by atoms with Crippen LogP contribution in [0, 0.1) is 6.92 Å². The van der Waals surface area contributed by atoms with Crippen LogP contribution in [-0.2, 0) is 19.5 Å². The van der Waals surface area contributed by atoms with E-state index in [-0.39, 0.29) is 24.8 Å². The highest BCUT2D eigenvalue weighted by molar-refractivity contribution is 5.85. The van der Waals surface area contributed by atoms with Crippen molar-refractivity contribution in [1.82, 2.24) is 14.9 Å². The Morgan fingerprint density at radius 2 is 1.78 bits per heavy atom. The number of fused-ring (bicyclic) bond motifs is 1. The number of nitrogens with zero attached hydrogens (tertiary/aromatic N) is 3. The summed E-state index contributed by atoms with van der Waals surface area (Å²) in [5, 5.41) is 0. The molecule has 0 spiro atoms. The number of aryl methyl sites for hydroxylation is 1. The highest BCUT2D eigenvalue weighted by Gasteiger charge is 2.18. The molecule has 0 saturated heterocycles. The first-order valence-corrected chi connectivity index (χ1v) is 8.66. The largest absolute Gasteiger partial charge is 0.383 e. The van der Waals surface area contributed by atoms with Crippen molar-refractivity contribution < 1.29 is 0 Å². The van der Waals surface area contributed by atoms with E-state index in [2.05, 4.69) is 63.4 Å². The molecule has 0 saturated carbocycles. The fourth-order valence-corrected chi connectivity index (χ4v) is 3.44. The van der Waals surface area contributed by atoms with Crippen molar-refractivity contribution in [3.8, 4) is 11.1 Å². The molecule has 3 aromatic rings. The molecule has 0 amide bonds. The van der Waals surface area contributed by atoms with Crippen molar-refractivity contribution in [1.29, 1.82) is 0 Å². The minimum absolute atomic E-state index is 0. The fraction of sp³-hybridized carbons (Fsp3) is 0.238. The molecule has 2 aromatic carbocycles. The SMILES string of the molecule is Cc1ncc(CN2CCc3ccc(-c4ccccc4)cc3C2)c(N)n1.Cl.Cl. The van der Waals surface area contributed by atoms with E-state index < -0.39 is 0 Å². The summed E-state index contributed by atoms with van der Waals surface area (Å²) >= 11 is 0. The number of anilines is 1. The number of hydrogen-bond donors (Lipinski definition) is 1. The van der Waals surface area contributed by atoms with Crippen molar-refractivity contribution in [3.63, 3.8) is 0 Å². The Bertz CT molecular complexity index is 900. The van der Waals surface area contributed by atoms with Gasteiger partial charge in [0.2, 0.25) is 0 Å². The lowest BCUT2D eigenvalue weighted by atomic mass is 9.94. The van der Waals surface area contributed by atoms with Crippen LogP contribution in [-0.4, -0.2) is 21.4 Å². The number of halogens is 2. The van der Waals surface area contributed by atoms with Gasteiger partial charge in [-0.05, 0) is 41.7 Å². The van der Waals surface area contributed by atoms with Crippen LogP contribution in [0.3, 0.4) is 0 Å². The third-order valence-corrected chi connectivity index (χ3v) is 4.82. The Morgan fingerprint density at radius 1 is 1.00 bits per heavy atom. The molecule has 27 heavy (non-hydrogen) atoms. The molecule has 0 atom stereocenters. The van der Waals surface area contributed by atoms with E-state index in [0.717, 1.165) is 37.4 Å². The number of benzene rings is 2. The molecular formula is C21H24Cl2N4. The minimum atomic E-state index is 0. The van der Waals surface area contributed by atoms with Gasteiger partial charge in [0.05, 0.1) is 0 Å². The normalized spacial score (nSPS) is 13.2. The van der Waals surface area contributed by atoms with Gasteiger partial charge in [0.25, 0.3) is 0 Å². The topological polar surface area (TPSA) is 55.0 Å². The Labute approximate surface area is 172 Å². The van der Waals surface area contributed by atoms with Crippen LogP contribution in [0.2, 0.25) is 0 Å². The maximum absolute atomic E-state index is 6.06. The summed E-state index contributed by atoms with van der Waals surface area (Å²) in [5.74, 6) is 1.31. The zero-order chi connectivity index (χ0) is 17.2. The van der Waals surface area contributed by atoms with Crippen LogP contribution in [0.4, 0.5) is 5.82 Å². The first-order chi connectivity index (χ1) is 12.2. The van der Waals surface area contributed by atoms with Crippen LogP contribution in [0.5, 0.6) is 0 Å². The van der Waals surface area contributed by atoms with Crippen LogP contribution in [0.25, 0.3) is 11.1 Å². The molecule has 2 heterocycles. The van der Waals surface area contributed by atoms with Gasteiger partial charge < -0.3 is 5.73 Å². The molecule has 6 heteroatoms. The van der Waals surface area contributed by atoms with Crippen molar-refractivity contribution in [3.05, 3.63) is 77.2 Å². The van der Waals surface area contributed by atoms with Gasteiger partial charge in [0, 0.05) is 31.4 Å². The van der Waals surface area contributed by atoms with Crippen molar-refractivity contribution in [2.24, 2.45) is 0 Å². The van der Waals surface area contributed by atoms with Crippen molar-refractivity contribution >= 4 is 30.6 Å². The summed E-state index contributed by atoms with van der Waals surface area (Å²) < 4.78 is 0. The van der Waals surface area contributed by atoms with E-state index in [0.29, 0.717) is 5.82 Å². The van der Waals surface area contributed by atoms with Gasteiger partial charge in [-0.3, -0.25) is 4.90 Å². The van der Waals surface area contributed by atoms with Gasteiger partial charge in [-0.2, -0.15) is 0 Å². The lowest BCUT2D eigenvalue weighted by Crippen LogP contribution is -2.30. The van der Waals surface area contributed by atoms with Crippen LogP contribution < -0.4 is 5.73 Å². The van der Waals surface area contributed by atoms with E-state index in [9.17, 15) is 0 Å². The monoisotopic (exact) mass is 402 g/mol. The van der Waals surface area contributed by atoms with E-state index in [1.807, 2.05) is 13.1 Å². The van der Waals surface area contributed by atoms with Crippen molar-refractivity contribution in [2.45, 2.75) is 26.4 Å². The molecule has 0 unspecified atom stereocenters. The van der Waals surface area contributed by atoms with E-state index >= 15 is 0 Å². The first-order valence-electron chi connectivity index (χ1n) is 8.66. The molecule has 4 rings (SSSR count). The molecule has 0 fully saturated rings. The summed E-state index contributed by atoms with van der Waals surface area (Å²) in [6.45, 7) is 4.62. The summed E-state index contributed by atoms with van der Waals surface area (Å²) in [6, 6.07) is 17.4. The third-order valence-electron chi connectivity index (χ3n) is 4.82. The number of nitrogen functional groups attached to an aromatic ring is 1. The molecule has 1 aliphatic rings. The minimum Gasteiger partial charge on any atom is -0.383 e. The molecule has 1 aromatic heterocycles. The predicted octanol–water partition coefficient (Wildman–Crippen LogP) is 4.44. The van der Waals surface area contributed by atoms with Crippen LogP contribution in [0.1, 0.15) is 22.5 Å². The summed E-state index contributed by atoms with van der Waals surface area (Å²) in [7, 11) is 0. The second-order valence-corrected chi connectivity index (χ2v) is 6.64. The maximum atomic E-state index is 6.06. The highest BCUT2D eigenvalue weighted by Crippen LogP contribution is 2.27. The number of rotatable bonds is 3. The van der Waals surface area contributed by atoms with Crippen molar-refractivity contribution in [2.75, 3.05) is 12.3 Å². The second-order valence-electron chi connectivity index (χ2n) is 6.64. The fourth-order valence-electron chi connectivity index (χ4n) is 3.44. The molecule has 2 N–H and O–H groups in total. The van der Waals surface area contributed by atoms with Gasteiger partial charge >= 0.3 is 0 Å². The standard InChI is InChI=1S/C21H22N4.2ClH/c1-15-23-12-20(21(22)24-15)14-25-10-9-17-7-8-18(11-19(17)13-25)16-5-3-2-4-6-16;;/h2-8,11-12H,9-10,13-14H2,1H3,(H2,22,23,24);2*1H. The summed E-state index contributed by atoms with van der Waals surface area (Å²) in [5.41, 5.74) is 12.5. The van der Waals surface area contributed by atoms with E-state index in [4.69, 9.17) is 5.73 Å². The van der Waals surface area contributed by atoms with E-state index in [1.54, 1.807) is 0 Å². The number of nitrogens with two attached hydrogens (primary N) is 1. The zero-order valence-electron chi connectivity index (χ0n) is 15.3. The predicted molar refractivity (Wildman–Crippen MR) is 115 cm³/mol. The number of aromatic nitrogens is 2. The Balaban J connectivity index is 0.00000131. The smallest absolute Gasteiger partial charge is 0.131 e. The third kappa shape index (κ3) is 4.78.